The molecule has 96 valence electrons. The average molecular weight is 254 g/mol. The second-order valence-corrected chi connectivity index (χ2v) is 4.48. The van der Waals surface area contributed by atoms with Crippen LogP contribution in [0.3, 0.4) is 0 Å². The van der Waals surface area contributed by atoms with E-state index in [0.29, 0.717) is 18.0 Å². The Morgan fingerprint density at radius 2 is 1.95 bits per heavy atom. The van der Waals surface area contributed by atoms with Crippen molar-refractivity contribution in [3.63, 3.8) is 0 Å². The lowest BCUT2D eigenvalue weighted by Gasteiger charge is -2.29. The molecule has 0 bridgehead atoms. The largest absolute Gasteiger partial charge is 0.481 e. The molecular weight excluding hydrogens is 240 g/mol. The summed E-state index contributed by atoms with van der Waals surface area (Å²) >= 11 is 0. The lowest BCUT2D eigenvalue weighted by molar-refractivity contribution is -0.121. The molecule has 0 atom stereocenters. The third-order valence-electron chi connectivity index (χ3n) is 3.11. The zero-order chi connectivity index (χ0) is 13.2. The smallest absolute Gasteiger partial charge is 0.265 e. The quantitative estimate of drug-likeness (QED) is 0.836. The van der Waals surface area contributed by atoms with Crippen LogP contribution in [0.5, 0.6) is 5.75 Å². The van der Waals surface area contributed by atoms with Crippen molar-refractivity contribution in [2.24, 2.45) is 0 Å². The minimum Gasteiger partial charge on any atom is -0.481 e. The SMILES string of the molecule is Nc1ccc2c(c1)OCC(=O)N2Cc1ccccc1. The zero-order valence-corrected chi connectivity index (χ0v) is 10.4. The van der Waals surface area contributed by atoms with Gasteiger partial charge in [0.15, 0.2) is 6.61 Å². The van der Waals surface area contributed by atoms with Crippen molar-refractivity contribution in [3.05, 3.63) is 54.1 Å². The molecule has 1 aliphatic rings. The highest BCUT2D eigenvalue weighted by atomic mass is 16.5. The van der Waals surface area contributed by atoms with E-state index in [1.807, 2.05) is 36.4 Å². The van der Waals surface area contributed by atoms with Crippen LogP contribution in [0.25, 0.3) is 0 Å². The van der Waals surface area contributed by atoms with Crippen molar-refractivity contribution in [3.8, 4) is 5.75 Å². The molecule has 2 aromatic rings. The number of benzene rings is 2. The number of hydrogen-bond acceptors (Lipinski definition) is 3. The molecule has 1 heterocycles. The van der Waals surface area contributed by atoms with Crippen LogP contribution in [0.15, 0.2) is 48.5 Å². The molecule has 0 aromatic heterocycles. The van der Waals surface area contributed by atoms with Crippen molar-refractivity contribution in [1.82, 2.24) is 0 Å². The van der Waals surface area contributed by atoms with Gasteiger partial charge in [-0.25, -0.2) is 0 Å². The number of anilines is 2. The first-order valence-electron chi connectivity index (χ1n) is 6.10. The van der Waals surface area contributed by atoms with E-state index in [9.17, 15) is 4.79 Å². The van der Waals surface area contributed by atoms with Gasteiger partial charge < -0.3 is 15.4 Å². The van der Waals surface area contributed by atoms with Gasteiger partial charge in [-0.05, 0) is 17.7 Å². The highest BCUT2D eigenvalue weighted by Crippen LogP contribution is 2.34. The van der Waals surface area contributed by atoms with Gasteiger partial charge in [0.2, 0.25) is 0 Å². The molecule has 0 saturated heterocycles. The number of ether oxygens (including phenoxy) is 1. The van der Waals surface area contributed by atoms with E-state index in [1.165, 1.54) is 0 Å². The molecule has 0 unspecified atom stereocenters. The van der Waals surface area contributed by atoms with Crippen LogP contribution in [0.2, 0.25) is 0 Å². The summed E-state index contributed by atoms with van der Waals surface area (Å²) in [4.78, 5) is 13.7. The van der Waals surface area contributed by atoms with E-state index in [-0.39, 0.29) is 12.5 Å². The van der Waals surface area contributed by atoms with Crippen molar-refractivity contribution in [2.45, 2.75) is 6.54 Å². The Morgan fingerprint density at radius 3 is 2.74 bits per heavy atom. The van der Waals surface area contributed by atoms with Crippen LogP contribution in [-0.2, 0) is 11.3 Å². The summed E-state index contributed by atoms with van der Waals surface area (Å²) in [7, 11) is 0. The molecule has 2 N–H and O–H groups in total. The number of carbonyl (C=O) groups is 1. The Hall–Kier alpha value is -2.49. The van der Waals surface area contributed by atoms with Gasteiger partial charge in [0.05, 0.1) is 12.2 Å². The molecule has 0 radical (unpaired) electrons. The second kappa shape index (κ2) is 4.65. The third-order valence-corrected chi connectivity index (χ3v) is 3.11. The predicted molar refractivity (Wildman–Crippen MR) is 74.0 cm³/mol. The van der Waals surface area contributed by atoms with Gasteiger partial charge >= 0.3 is 0 Å². The number of carbonyl (C=O) groups excluding carboxylic acids is 1. The Balaban J connectivity index is 1.95. The Morgan fingerprint density at radius 1 is 1.16 bits per heavy atom. The lowest BCUT2D eigenvalue weighted by Crippen LogP contribution is -2.38. The summed E-state index contributed by atoms with van der Waals surface area (Å²) in [5.41, 5.74) is 8.22. The number of rotatable bonds is 2. The monoisotopic (exact) mass is 254 g/mol. The second-order valence-electron chi connectivity index (χ2n) is 4.48. The van der Waals surface area contributed by atoms with Crippen LogP contribution in [-0.4, -0.2) is 12.5 Å². The minimum atomic E-state index is -0.0406. The van der Waals surface area contributed by atoms with Gasteiger partial charge in [-0.1, -0.05) is 30.3 Å². The summed E-state index contributed by atoms with van der Waals surface area (Å²) < 4.78 is 5.41. The highest BCUT2D eigenvalue weighted by Gasteiger charge is 2.25. The molecule has 19 heavy (non-hydrogen) atoms. The fourth-order valence-electron chi connectivity index (χ4n) is 2.16. The van der Waals surface area contributed by atoms with Crippen LogP contribution >= 0.6 is 0 Å². The number of hydrogen-bond donors (Lipinski definition) is 1. The minimum absolute atomic E-state index is 0.0406. The lowest BCUT2D eigenvalue weighted by atomic mass is 10.1. The molecule has 2 aromatic carbocycles. The molecule has 0 spiro atoms. The molecule has 1 aliphatic heterocycles. The number of nitrogen functional groups attached to an aromatic ring is 1. The van der Waals surface area contributed by atoms with Crippen molar-refractivity contribution >= 4 is 17.3 Å². The zero-order valence-electron chi connectivity index (χ0n) is 10.4. The topological polar surface area (TPSA) is 55.6 Å². The molecule has 3 rings (SSSR count). The molecule has 4 nitrogen and oxygen atoms in total. The van der Waals surface area contributed by atoms with Crippen LogP contribution < -0.4 is 15.4 Å². The van der Waals surface area contributed by atoms with Gasteiger partial charge in [0, 0.05) is 11.8 Å². The van der Waals surface area contributed by atoms with Crippen LogP contribution in [0, 0.1) is 0 Å². The standard InChI is InChI=1S/C15H14N2O2/c16-12-6-7-13-14(8-12)19-10-15(18)17(13)9-11-4-2-1-3-5-11/h1-8H,9-10,16H2. The molecule has 0 fully saturated rings. The molecular formula is C15H14N2O2. The Bertz CT molecular complexity index is 611. The summed E-state index contributed by atoms with van der Waals surface area (Å²) in [5.74, 6) is 0.622. The van der Waals surface area contributed by atoms with Gasteiger partial charge in [0.25, 0.3) is 5.91 Å². The van der Waals surface area contributed by atoms with E-state index >= 15 is 0 Å². The average Bonchev–Trinajstić information content (AvgIpc) is 2.43. The Kier molecular flexibility index (Phi) is 2.83. The fourth-order valence-corrected chi connectivity index (χ4v) is 2.16. The number of amides is 1. The summed E-state index contributed by atoms with van der Waals surface area (Å²) in [6.07, 6.45) is 0. The number of nitrogens with two attached hydrogens (primary N) is 1. The Labute approximate surface area is 111 Å². The first-order chi connectivity index (χ1) is 9.24. The number of nitrogens with zero attached hydrogens (tertiary/aromatic N) is 1. The maximum Gasteiger partial charge on any atom is 0.265 e. The summed E-state index contributed by atoms with van der Waals surface area (Å²) in [5, 5.41) is 0. The summed E-state index contributed by atoms with van der Waals surface area (Å²) in [6.45, 7) is 0.600. The van der Waals surface area contributed by atoms with Crippen molar-refractivity contribution in [2.75, 3.05) is 17.2 Å². The van der Waals surface area contributed by atoms with Crippen molar-refractivity contribution in [1.29, 1.82) is 0 Å². The van der Waals surface area contributed by atoms with E-state index < -0.39 is 0 Å². The van der Waals surface area contributed by atoms with Crippen LogP contribution in [0.1, 0.15) is 5.56 Å². The highest BCUT2D eigenvalue weighted by molar-refractivity contribution is 5.98. The van der Waals surface area contributed by atoms with Gasteiger partial charge in [-0.3, -0.25) is 4.79 Å². The van der Waals surface area contributed by atoms with Crippen molar-refractivity contribution < 1.29 is 9.53 Å². The van der Waals surface area contributed by atoms with Gasteiger partial charge in [-0.15, -0.1) is 0 Å². The van der Waals surface area contributed by atoms with E-state index in [0.717, 1.165) is 11.3 Å². The van der Waals surface area contributed by atoms with Gasteiger partial charge in [-0.2, -0.15) is 0 Å². The van der Waals surface area contributed by atoms with Crippen LogP contribution in [0.4, 0.5) is 11.4 Å². The summed E-state index contributed by atoms with van der Waals surface area (Å²) in [6, 6.07) is 15.2. The first-order valence-corrected chi connectivity index (χ1v) is 6.10. The molecule has 1 amide bonds. The fraction of sp³-hybridized carbons (Fsp3) is 0.133. The molecule has 0 saturated carbocycles. The maximum atomic E-state index is 12.0. The normalized spacial score (nSPS) is 13.9. The van der Waals surface area contributed by atoms with E-state index in [1.54, 1.807) is 17.0 Å². The van der Waals surface area contributed by atoms with E-state index in [4.69, 9.17) is 10.5 Å². The maximum absolute atomic E-state index is 12.0. The van der Waals surface area contributed by atoms with Gasteiger partial charge in [0.1, 0.15) is 5.75 Å². The molecule has 0 aliphatic carbocycles. The molecule has 4 heteroatoms. The first kappa shape index (κ1) is 11.6. The predicted octanol–water partition coefficient (Wildman–Crippen LogP) is 2.19. The third kappa shape index (κ3) is 2.25. The number of fused-ring (bicyclic) bond motifs is 1. The van der Waals surface area contributed by atoms with E-state index in [2.05, 4.69) is 0 Å².